The summed E-state index contributed by atoms with van der Waals surface area (Å²) in [6.45, 7) is 5.71. The third-order valence-electron chi connectivity index (χ3n) is 4.31. The maximum absolute atomic E-state index is 12.6. The molecular formula is C15H20BrCl2N3O. The second-order valence-corrected chi connectivity index (χ2v) is 6.89. The topological polar surface area (TPSA) is 35.6 Å². The van der Waals surface area contributed by atoms with Gasteiger partial charge in [0, 0.05) is 48.3 Å². The summed E-state index contributed by atoms with van der Waals surface area (Å²) < 4.78 is 0.766. The maximum Gasteiger partial charge on any atom is 0.255 e. The van der Waals surface area contributed by atoms with E-state index in [0.29, 0.717) is 16.6 Å². The van der Waals surface area contributed by atoms with Gasteiger partial charge in [-0.25, -0.2) is 0 Å². The second-order valence-electron chi connectivity index (χ2n) is 5.60. The van der Waals surface area contributed by atoms with Gasteiger partial charge in [0.05, 0.1) is 5.56 Å². The minimum absolute atomic E-state index is 0. The fraction of sp³-hybridized carbons (Fsp3) is 0.533. The van der Waals surface area contributed by atoms with E-state index in [2.05, 4.69) is 26.1 Å². The van der Waals surface area contributed by atoms with Gasteiger partial charge in [-0.1, -0.05) is 11.6 Å². The Balaban J connectivity index is 0.00000176. The molecule has 1 N–H and O–H groups in total. The molecule has 2 aliphatic rings. The molecule has 0 aromatic heterocycles. The molecule has 1 atom stereocenters. The first kappa shape index (κ1) is 18.0. The fourth-order valence-corrected chi connectivity index (χ4v) is 3.93. The van der Waals surface area contributed by atoms with Gasteiger partial charge in [-0.3, -0.25) is 9.69 Å². The summed E-state index contributed by atoms with van der Waals surface area (Å²) in [5, 5.41) is 4.04. The molecule has 22 heavy (non-hydrogen) atoms. The van der Waals surface area contributed by atoms with Gasteiger partial charge in [-0.15, -0.1) is 12.4 Å². The molecule has 1 aromatic carbocycles. The van der Waals surface area contributed by atoms with Crippen molar-refractivity contribution >= 4 is 45.8 Å². The lowest BCUT2D eigenvalue weighted by atomic mass is 10.1. The van der Waals surface area contributed by atoms with Crippen molar-refractivity contribution in [3.05, 3.63) is 33.3 Å². The zero-order valence-corrected chi connectivity index (χ0v) is 15.4. The van der Waals surface area contributed by atoms with Crippen LogP contribution in [0, 0.1) is 0 Å². The molecule has 0 aliphatic carbocycles. The van der Waals surface area contributed by atoms with E-state index in [4.69, 9.17) is 11.6 Å². The smallest absolute Gasteiger partial charge is 0.255 e. The molecule has 0 spiro atoms. The Morgan fingerprint density at radius 3 is 2.59 bits per heavy atom. The zero-order valence-electron chi connectivity index (χ0n) is 12.2. The highest BCUT2D eigenvalue weighted by Crippen LogP contribution is 2.23. The van der Waals surface area contributed by atoms with Crippen molar-refractivity contribution in [2.75, 3.05) is 39.3 Å². The average molecular weight is 409 g/mol. The Morgan fingerprint density at radius 1 is 1.27 bits per heavy atom. The predicted molar refractivity (Wildman–Crippen MR) is 95.2 cm³/mol. The van der Waals surface area contributed by atoms with Gasteiger partial charge in [0.25, 0.3) is 5.91 Å². The van der Waals surface area contributed by atoms with Crippen molar-refractivity contribution in [3.63, 3.8) is 0 Å². The van der Waals surface area contributed by atoms with Crippen molar-refractivity contribution in [1.82, 2.24) is 15.1 Å². The molecule has 1 aromatic rings. The van der Waals surface area contributed by atoms with Crippen LogP contribution in [0.5, 0.6) is 0 Å². The first-order valence-electron chi connectivity index (χ1n) is 7.34. The van der Waals surface area contributed by atoms with Crippen molar-refractivity contribution in [1.29, 1.82) is 0 Å². The van der Waals surface area contributed by atoms with E-state index >= 15 is 0 Å². The Morgan fingerprint density at radius 2 is 2.00 bits per heavy atom. The number of hydrogen-bond acceptors (Lipinski definition) is 3. The van der Waals surface area contributed by atoms with E-state index in [1.807, 2.05) is 4.90 Å². The number of carbonyl (C=O) groups is 1. The SMILES string of the molecule is Cl.O=C(c1ccc(Cl)cc1Br)N1CCN(C2CCNC2)CC1. The summed E-state index contributed by atoms with van der Waals surface area (Å²) in [7, 11) is 0. The largest absolute Gasteiger partial charge is 0.336 e. The van der Waals surface area contributed by atoms with Crippen LogP contribution in [0.1, 0.15) is 16.8 Å². The number of nitrogens with zero attached hydrogens (tertiary/aromatic N) is 2. The summed E-state index contributed by atoms with van der Waals surface area (Å²) in [5.41, 5.74) is 0.690. The highest BCUT2D eigenvalue weighted by molar-refractivity contribution is 9.10. The molecule has 2 heterocycles. The summed E-state index contributed by atoms with van der Waals surface area (Å²) in [5.74, 6) is 0.0859. The number of nitrogens with one attached hydrogen (secondary N) is 1. The van der Waals surface area contributed by atoms with Gasteiger partial charge in [0.1, 0.15) is 0 Å². The molecule has 2 fully saturated rings. The molecule has 1 amide bonds. The minimum Gasteiger partial charge on any atom is -0.336 e. The van der Waals surface area contributed by atoms with Crippen LogP contribution < -0.4 is 5.32 Å². The third kappa shape index (κ3) is 3.95. The van der Waals surface area contributed by atoms with Crippen molar-refractivity contribution < 1.29 is 4.79 Å². The number of halogens is 3. The Bertz CT molecular complexity index is 530. The number of benzene rings is 1. The van der Waals surface area contributed by atoms with E-state index in [-0.39, 0.29) is 18.3 Å². The number of carbonyl (C=O) groups excluding carboxylic acids is 1. The van der Waals surface area contributed by atoms with E-state index < -0.39 is 0 Å². The minimum atomic E-state index is 0. The Labute approximate surface area is 150 Å². The predicted octanol–water partition coefficient (Wildman–Crippen LogP) is 2.64. The van der Waals surface area contributed by atoms with Gasteiger partial charge in [-0.05, 0) is 47.1 Å². The molecule has 3 rings (SSSR count). The zero-order chi connectivity index (χ0) is 14.8. The van der Waals surface area contributed by atoms with Crippen LogP contribution in [0.15, 0.2) is 22.7 Å². The molecular weight excluding hydrogens is 389 g/mol. The van der Waals surface area contributed by atoms with Gasteiger partial charge >= 0.3 is 0 Å². The molecule has 0 saturated carbocycles. The van der Waals surface area contributed by atoms with Crippen LogP contribution >= 0.6 is 39.9 Å². The average Bonchev–Trinajstić information content (AvgIpc) is 3.01. The molecule has 2 aliphatic heterocycles. The first-order valence-corrected chi connectivity index (χ1v) is 8.51. The highest BCUT2D eigenvalue weighted by Gasteiger charge is 2.28. The van der Waals surface area contributed by atoms with Crippen LogP contribution in [0.25, 0.3) is 0 Å². The summed E-state index contributed by atoms with van der Waals surface area (Å²) >= 11 is 9.36. The van der Waals surface area contributed by atoms with Crippen molar-refractivity contribution in [2.45, 2.75) is 12.5 Å². The molecule has 2 saturated heterocycles. The van der Waals surface area contributed by atoms with Crippen LogP contribution in [-0.2, 0) is 0 Å². The number of piperazine rings is 1. The highest BCUT2D eigenvalue weighted by atomic mass is 79.9. The molecule has 4 nitrogen and oxygen atoms in total. The molecule has 0 bridgehead atoms. The van der Waals surface area contributed by atoms with Gasteiger partial charge < -0.3 is 10.2 Å². The molecule has 1 unspecified atom stereocenters. The fourth-order valence-electron chi connectivity index (χ4n) is 3.07. The lowest BCUT2D eigenvalue weighted by molar-refractivity contribution is 0.0583. The number of rotatable bonds is 2. The van der Waals surface area contributed by atoms with E-state index in [9.17, 15) is 4.79 Å². The third-order valence-corrected chi connectivity index (χ3v) is 5.20. The van der Waals surface area contributed by atoms with Crippen molar-refractivity contribution in [3.8, 4) is 0 Å². The normalized spacial score (nSPS) is 22.5. The molecule has 7 heteroatoms. The number of hydrogen-bond donors (Lipinski definition) is 1. The quantitative estimate of drug-likeness (QED) is 0.816. The van der Waals surface area contributed by atoms with Gasteiger partial charge in [-0.2, -0.15) is 0 Å². The summed E-state index contributed by atoms with van der Waals surface area (Å²) in [6.07, 6.45) is 1.22. The number of amides is 1. The lowest BCUT2D eigenvalue weighted by Gasteiger charge is -2.37. The molecule has 122 valence electrons. The summed E-state index contributed by atoms with van der Waals surface area (Å²) in [6, 6.07) is 5.97. The van der Waals surface area contributed by atoms with E-state index in [0.717, 1.165) is 43.7 Å². The second kappa shape index (κ2) is 7.97. The monoisotopic (exact) mass is 407 g/mol. The van der Waals surface area contributed by atoms with Crippen molar-refractivity contribution in [2.24, 2.45) is 0 Å². The van der Waals surface area contributed by atoms with E-state index in [1.54, 1.807) is 18.2 Å². The van der Waals surface area contributed by atoms with Gasteiger partial charge in [0.2, 0.25) is 0 Å². The maximum atomic E-state index is 12.6. The van der Waals surface area contributed by atoms with Crippen LogP contribution in [0.2, 0.25) is 5.02 Å². The Hall–Kier alpha value is -0.330. The summed E-state index contributed by atoms with van der Waals surface area (Å²) in [4.78, 5) is 17.0. The van der Waals surface area contributed by atoms with E-state index in [1.165, 1.54) is 6.42 Å². The Kier molecular flexibility index (Phi) is 6.53. The molecule has 0 radical (unpaired) electrons. The van der Waals surface area contributed by atoms with Crippen LogP contribution in [0.4, 0.5) is 0 Å². The van der Waals surface area contributed by atoms with Crippen LogP contribution in [-0.4, -0.2) is 61.0 Å². The van der Waals surface area contributed by atoms with Crippen LogP contribution in [0.3, 0.4) is 0 Å². The van der Waals surface area contributed by atoms with Gasteiger partial charge in [0.15, 0.2) is 0 Å². The lowest BCUT2D eigenvalue weighted by Crippen LogP contribution is -2.52. The first-order chi connectivity index (χ1) is 10.1. The standard InChI is InChI=1S/C15H19BrClN3O.ClH/c16-14-9-11(17)1-2-13(14)15(21)20-7-5-19(6-8-20)12-3-4-18-10-12;/h1-2,9,12,18H,3-8,10H2;1H.